The molecule has 1 aliphatic carbocycles. The molecule has 1 unspecified atom stereocenters. The van der Waals surface area contributed by atoms with Gasteiger partial charge in [-0.3, -0.25) is 9.59 Å². The van der Waals surface area contributed by atoms with Gasteiger partial charge in [0.25, 0.3) is 0 Å². The number of amides is 2. The van der Waals surface area contributed by atoms with Crippen LogP contribution in [0.5, 0.6) is 0 Å². The second-order valence-corrected chi connectivity index (χ2v) is 9.30. The molecular weight excluding hydrogens is 373 g/mol. The van der Waals surface area contributed by atoms with Gasteiger partial charge in [-0.1, -0.05) is 0 Å². The van der Waals surface area contributed by atoms with Crippen molar-refractivity contribution in [3.8, 4) is 0 Å². The molecule has 3 fully saturated rings. The summed E-state index contributed by atoms with van der Waals surface area (Å²) in [6.07, 6.45) is 2.29. The van der Waals surface area contributed by atoms with E-state index in [0.29, 0.717) is 25.7 Å². The maximum Gasteiger partial charge on any atom is 0.243 e. The highest BCUT2D eigenvalue weighted by atomic mass is 32.2. The first-order valence-corrected chi connectivity index (χ1v) is 10.6. The normalized spacial score (nSPS) is 24.5. The Morgan fingerprint density at radius 3 is 2.26 bits per heavy atom. The first-order valence-electron chi connectivity index (χ1n) is 9.20. The van der Waals surface area contributed by atoms with E-state index in [1.807, 2.05) is 4.90 Å². The number of nitrogens with zero attached hydrogens (tertiary/aromatic N) is 3. The van der Waals surface area contributed by atoms with E-state index in [0.717, 1.165) is 25.0 Å². The molecule has 1 atom stereocenters. The van der Waals surface area contributed by atoms with Gasteiger partial charge in [0.05, 0.1) is 10.8 Å². The van der Waals surface area contributed by atoms with E-state index >= 15 is 0 Å². The Morgan fingerprint density at radius 1 is 1.04 bits per heavy atom. The minimum Gasteiger partial charge on any atom is -0.340 e. The third kappa shape index (κ3) is 3.58. The van der Waals surface area contributed by atoms with E-state index in [4.69, 9.17) is 0 Å². The van der Waals surface area contributed by atoms with Gasteiger partial charge >= 0.3 is 0 Å². The first kappa shape index (κ1) is 18.4. The number of hydrogen-bond acceptors (Lipinski definition) is 4. The maximum absolute atomic E-state index is 13.0. The summed E-state index contributed by atoms with van der Waals surface area (Å²) in [5, 5.41) is 0. The van der Waals surface area contributed by atoms with E-state index in [-0.39, 0.29) is 42.1 Å². The fraction of sp³-hybridized carbons (Fsp3) is 0.556. The highest BCUT2D eigenvalue weighted by molar-refractivity contribution is 7.89. The van der Waals surface area contributed by atoms with Gasteiger partial charge in [0.2, 0.25) is 21.8 Å². The van der Waals surface area contributed by atoms with E-state index in [9.17, 15) is 22.4 Å². The SMILES string of the molecule is O=C(C1CC(=O)N(C2CC2)C1)N1CCN(S(=O)(=O)c2ccc(F)cc2)CC1. The summed E-state index contributed by atoms with van der Waals surface area (Å²) in [6, 6.07) is 5.05. The van der Waals surface area contributed by atoms with Crippen LogP contribution in [0.2, 0.25) is 0 Å². The number of benzene rings is 1. The topological polar surface area (TPSA) is 78.0 Å². The van der Waals surface area contributed by atoms with Crippen molar-refractivity contribution in [3.63, 3.8) is 0 Å². The zero-order valence-electron chi connectivity index (χ0n) is 14.9. The van der Waals surface area contributed by atoms with Crippen LogP contribution >= 0.6 is 0 Å². The molecule has 3 aliphatic rings. The van der Waals surface area contributed by atoms with Crippen molar-refractivity contribution in [1.29, 1.82) is 0 Å². The fourth-order valence-electron chi connectivity index (χ4n) is 3.80. The van der Waals surface area contributed by atoms with Gasteiger partial charge in [0, 0.05) is 45.2 Å². The predicted molar refractivity (Wildman–Crippen MR) is 94.6 cm³/mol. The lowest BCUT2D eigenvalue weighted by atomic mass is 10.1. The monoisotopic (exact) mass is 395 g/mol. The largest absolute Gasteiger partial charge is 0.340 e. The van der Waals surface area contributed by atoms with Crippen molar-refractivity contribution in [1.82, 2.24) is 14.1 Å². The van der Waals surface area contributed by atoms with Crippen LogP contribution in [0.15, 0.2) is 29.2 Å². The van der Waals surface area contributed by atoms with Crippen molar-refractivity contribution in [2.75, 3.05) is 32.7 Å². The summed E-state index contributed by atoms with van der Waals surface area (Å²) in [5.41, 5.74) is 0. The Labute approximate surface area is 157 Å². The van der Waals surface area contributed by atoms with E-state index < -0.39 is 15.8 Å². The standard InChI is InChI=1S/C18H22FN3O4S/c19-14-1-5-16(6-2-14)27(25,26)21-9-7-20(8-10-21)18(24)13-11-17(23)22(12-13)15-3-4-15/h1-2,5-6,13,15H,3-4,7-12H2. The molecule has 0 bridgehead atoms. The zero-order chi connectivity index (χ0) is 19.2. The van der Waals surface area contributed by atoms with E-state index in [1.165, 1.54) is 16.4 Å². The molecule has 2 saturated heterocycles. The lowest BCUT2D eigenvalue weighted by molar-refractivity contribution is -0.137. The number of sulfonamides is 1. The van der Waals surface area contributed by atoms with Gasteiger partial charge in [0.1, 0.15) is 5.82 Å². The average Bonchev–Trinajstić information content (AvgIpc) is 3.43. The summed E-state index contributed by atoms with van der Waals surface area (Å²) < 4.78 is 39.6. The van der Waals surface area contributed by atoms with Gasteiger partial charge in [0.15, 0.2) is 0 Å². The van der Waals surface area contributed by atoms with Crippen LogP contribution in [0.25, 0.3) is 0 Å². The Balaban J connectivity index is 1.36. The van der Waals surface area contributed by atoms with Crippen LogP contribution in [0.1, 0.15) is 19.3 Å². The first-order chi connectivity index (χ1) is 12.9. The third-order valence-electron chi connectivity index (χ3n) is 5.50. The summed E-state index contributed by atoms with van der Waals surface area (Å²) in [7, 11) is -3.70. The van der Waals surface area contributed by atoms with Crippen molar-refractivity contribution in [2.45, 2.75) is 30.2 Å². The number of piperazine rings is 1. The number of hydrogen-bond donors (Lipinski definition) is 0. The van der Waals surface area contributed by atoms with Crippen LogP contribution in [0.4, 0.5) is 4.39 Å². The quantitative estimate of drug-likeness (QED) is 0.751. The molecule has 0 aromatic heterocycles. The molecule has 2 heterocycles. The molecule has 1 aromatic rings. The summed E-state index contributed by atoms with van der Waals surface area (Å²) >= 11 is 0. The molecule has 27 heavy (non-hydrogen) atoms. The molecule has 0 radical (unpaired) electrons. The maximum atomic E-state index is 13.0. The minimum absolute atomic E-state index is 0.0464. The number of rotatable bonds is 4. The van der Waals surface area contributed by atoms with Gasteiger partial charge in [-0.25, -0.2) is 12.8 Å². The second-order valence-electron chi connectivity index (χ2n) is 7.36. The molecule has 9 heteroatoms. The van der Waals surface area contributed by atoms with Crippen molar-refractivity contribution >= 4 is 21.8 Å². The van der Waals surface area contributed by atoms with Gasteiger partial charge < -0.3 is 9.80 Å². The lowest BCUT2D eigenvalue weighted by Crippen LogP contribution is -2.52. The molecule has 146 valence electrons. The average molecular weight is 395 g/mol. The zero-order valence-corrected chi connectivity index (χ0v) is 15.7. The number of likely N-dealkylation sites (tertiary alicyclic amines) is 1. The smallest absolute Gasteiger partial charge is 0.243 e. The predicted octanol–water partition coefficient (Wildman–Crippen LogP) is 0.669. The third-order valence-corrected chi connectivity index (χ3v) is 7.41. The van der Waals surface area contributed by atoms with Crippen LogP contribution in [0.3, 0.4) is 0 Å². The van der Waals surface area contributed by atoms with Crippen LogP contribution < -0.4 is 0 Å². The summed E-state index contributed by atoms with van der Waals surface area (Å²) in [6.45, 7) is 1.47. The van der Waals surface area contributed by atoms with Crippen molar-refractivity contribution in [2.24, 2.45) is 5.92 Å². The van der Waals surface area contributed by atoms with Gasteiger partial charge in [-0.05, 0) is 37.1 Å². The molecule has 2 amide bonds. The van der Waals surface area contributed by atoms with Gasteiger partial charge in [-0.15, -0.1) is 0 Å². The highest BCUT2D eigenvalue weighted by Crippen LogP contribution is 2.33. The van der Waals surface area contributed by atoms with Crippen LogP contribution in [-0.4, -0.2) is 73.1 Å². The Bertz CT molecular complexity index is 846. The second kappa shape index (κ2) is 6.87. The Hall–Kier alpha value is -2.00. The van der Waals surface area contributed by atoms with E-state index in [2.05, 4.69) is 0 Å². The molecule has 2 aliphatic heterocycles. The molecule has 7 nitrogen and oxygen atoms in total. The number of carbonyl (C=O) groups excluding carboxylic acids is 2. The van der Waals surface area contributed by atoms with Crippen LogP contribution in [0, 0.1) is 11.7 Å². The lowest BCUT2D eigenvalue weighted by Gasteiger charge is -2.35. The summed E-state index contributed by atoms with van der Waals surface area (Å²) in [4.78, 5) is 28.3. The van der Waals surface area contributed by atoms with Crippen molar-refractivity contribution < 1.29 is 22.4 Å². The fourth-order valence-corrected chi connectivity index (χ4v) is 5.22. The molecule has 1 aromatic carbocycles. The minimum atomic E-state index is -3.70. The molecule has 4 rings (SSSR count). The van der Waals surface area contributed by atoms with Crippen LogP contribution in [-0.2, 0) is 19.6 Å². The number of halogens is 1. The molecule has 0 spiro atoms. The molecule has 0 N–H and O–H groups in total. The Kier molecular flexibility index (Phi) is 4.67. The Morgan fingerprint density at radius 2 is 1.67 bits per heavy atom. The van der Waals surface area contributed by atoms with Crippen molar-refractivity contribution in [3.05, 3.63) is 30.1 Å². The molecule has 1 saturated carbocycles. The number of carbonyl (C=O) groups is 2. The highest BCUT2D eigenvalue weighted by Gasteiger charge is 2.43. The molecular formula is C18H22FN3O4S. The van der Waals surface area contributed by atoms with Gasteiger partial charge in [-0.2, -0.15) is 4.31 Å². The summed E-state index contributed by atoms with van der Waals surface area (Å²) in [5.74, 6) is -0.826. The van der Waals surface area contributed by atoms with E-state index in [1.54, 1.807) is 4.90 Å².